The van der Waals surface area contributed by atoms with Gasteiger partial charge in [-0.2, -0.15) is 0 Å². The van der Waals surface area contributed by atoms with Gasteiger partial charge in [0, 0.05) is 47.1 Å². The van der Waals surface area contributed by atoms with Crippen molar-refractivity contribution >= 4 is 34.7 Å². The number of nitrogens with one attached hydrogen (secondary N) is 1. The number of H-pyrrole nitrogens is 1. The van der Waals surface area contributed by atoms with Gasteiger partial charge in [-0.05, 0) is 42.2 Å². The molecule has 4 rings (SSSR count). The summed E-state index contributed by atoms with van der Waals surface area (Å²) >= 11 is -2.32. The molecule has 9 heteroatoms. The van der Waals surface area contributed by atoms with Gasteiger partial charge in [-0.3, -0.25) is 9.00 Å². The number of aromatic nitrogens is 2. The van der Waals surface area contributed by atoms with Crippen LogP contribution in [0.5, 0.6) is 0 Å². The number of pyridine rings is 2. The Morgan fingerprint density at radius 2 is 2.00 bits per heavy atom. The maximum absolute atomic E-state index is 14.7. The van der Waals surface area contributed by atoms with E-state index in [1.807, 2.05) is 0 Å². The number of halogens is 2. The molecule has 2 heterocycles. The van der Waals surface area contributed by atoms with E-state index in [-0.39, 0.29) is 30.6 Å². The summed E-state index contributed by atoms with van der Waals surface area (Å²) in [6.07, 6.45) is 3.20. The highest BCUT2D eigenvalue weighted by Crippen LogP contribution is 2.31. The van der Waals surface area contributed by atoms with Crippen molar-refractivity contribution in [1.82, 2.24) is 14.3 Å². The van der Waals surface area contributed by atoms with E-state index in [0.717, 1.165) is 12.8 Å². The molecule has 0 radical (unpaired) electrons. The normalized spacial score (nSPS) is 14.9. The van der Waals surface area contributed by atoms with E-state index < -0.39 is 17.1 Å². The van der Waals surface area contributed by atoms with Crippen LogP contribution in [-0.2, 0) is 17.8 Å². The van der Waals surface area contributed by atoms with Crippen LogP contribution in [0.3, 0.4) is 0 Å². The van der Waals surface area contributed by atoms with Crippen LogP contribution in [0.25, 0.3) is 22.2 Å². The first kappa shape index (κ1) is 19.6. The smallest absolute Gasteiger partial charge is 0.249 e. The van der Waals surface area contributed by atoms with E-state index in [4.69, 9.17) is 0 Å². The zero-order chi connectivity index (χ0) is 18.3. The number of aromatic amines is 1. The summed E-state index contributed by atoms with van der Waals surface area (Å²) < 4.78 is 38.8. The minimum absolute atomic E-state index is 0. The van der Waals surface area contributed by atoms with E-state index in [9.17, 15) is 17.9 Å². The van der Waals surface area contributed by atoms with Crippen LogP contribution in [0.2, 0.25) is 0 Å². The maximum atomic E-state index is 14.7. The SMILES string of the molecule is Cl.O=c1ccc2c(-c3ccc(CN(C4CC4)S(=O)[O-])cc3F)ccnc2[nH]1. The Hall–Kier alpha value is -2.13. The lowest BCUT2D eigenvalue weighted by atomic mass is 10.0. The van der Waals surface area contributed by atoms with Gasteiger partial charge in [0.1, 0.15) is 11.5 Å². The quantitative estimate of drug-likeness (QED) is 0.657. The number of fused-ring (bicyclic) bond motifs is 1. The van der Waals surface area contributed by atoms with Crippen molar-refractivity contribution in [3.63, 3.8) is 0 Å². The molecule has 1 aliphatic carbocycles. The van der Waals surface area contributed by atoms with Crippen LogP contribution in [0.1, 0.15) is 18.4 Å². The molecule has 1 aromatic carbocycles. The lowest BCUT2D eigenvalue weighted by Crippen LogP contribution is -2.27. The molecular formula is C18H16ClFN3O3S-. The van der Waals surface area contributed by atoms with Gasteiger partial charge in [0.2, 0.25) is 5.56 Å². The molecule has 27 heavy (non-hydrogen) atoms. The van der Waals surface area contributed by atoms with Crippen molar-refractivity contribution in [3.8, 4) is 11.1 Å². The van der Waals surface area contributed by atoms with Gasteiger partial charge in [-0.15, -0.1) is 12.4 Å². The zero-order valence-electron chi connectivity index (χ0n) is 14.1. The second-order valence-electron chi connectivity index (χ2n) is 6.28. The standard InChI is InChI=1S/C18H16FN3O3S.ClH/c19-16-9-11(10-22(26(24)25)12-2-3-12)1-4-14(16)13-7-8-20-18-15(13)5-6-17(23)21-18;/h1,4-9,12H,2-3,10H2,(H,24,25)(H,20,21,23);1H/p-1. The largest absolute Gasteiger partial charge is 0.760 e. The first-order valence-electron chi connectivity index (χ1n) is 8.16. The first-order chi connectivity index (χ1) is 12.5. The molecule has 0 amide bonds. The molecule has 2 aromatic heterocycles. The predicted octanol–water partition coefficient (Wildman–Crippen LogP) is 2.91. The highest BCUT2D eigenvalue weighted by atomic mass is 35.5. The summed E-state index contributed by atoms with van der Waals surface area (Å²) in [5.74, 6) is -0.450. The summed E-state index contributed by atoms with van der Waals surface area (Å²) in [6, 6.07) is 9.40. The molecule has 0 saturated heterocycles. The Bertz CT molecular complexity index is 1070. The lowest BCUT2D eigenvalue weighted by molar-refractivity contribution is 0.375. The number of hydrogen-bond donors (Lipinski definition) is 1. The van der Waals surface area contributed by atoms with E-state index in [1.165, 1.54) is 22.6 Å². The third kappa shape index (κ3) is 4.08. The molecule has 1 saturated carbocycles. The maximum Gasteiger partial charge on any atom is 0.249 e. The summed E-state index contributed by atoms with van der Waals surface area (Å²) in [4.78, 5) is 18.2. The molecule has 1 N–H and O–H groups in total. The molecule has 6 nitrogen and oxygen atoms in total. The highest BCUT2D eigenvalue weighted by Gasteiger charge is 2.30. The van der Waals surface area contributed by atoms with Gasteiger partial charge in [0.25, 0.3) is 0 Å². The van der Waals surface area contributed by atoms with Crippen molar-refractivity contribution in [3.05, 3.63) is 64.3 Å². The Balaban J connectivity index is 0.00000210. The van der Waals surface area contributed by atoms with Gasteiger partial charge in [0.15, 0.2) is 0 Å². The second kappa shape index (κ2) is 7.85. The van der Waals surface area contributed by atoms with E-state index in [1.54, 1.807) is 24.3 Å². The monoisotopic (exact) mass is 408 g/mol. The Morgan fingerprint density at radius 1 is 1.22 bits per heavy atom. The minimum Gasteiger partial charge on any atom is -0.760 e. The van der Waals surface area contributed by atoms with Crippen LogP contribution in [0.15, 0.2) is 47.4 Å². The summed E-state index contributed by atoms with van der Waals surface area (Å²) in [6.45, 7) is 0.155. The molecule has 1 atom stereocenters. The fourth-order valence-electron chi connectivity index (χ4n) is 3.02. The average molecular weight is 409 g/mol. The molecule has 0 spiro atoms. The van der Waals surface area contributed by atoms with Crippen molar-refractivity contribution in [1.29, 1.82) is 0 Å². The zero-order valence-corrected chi connectivity index (χ0v) is 15.7. The Morgan fingerprint density at radius 3 is 2.67 bits per heavy atom. The minimum atomic E-state index is -2.32. The van der Waals surface area contributed by atoms with Crippen LogP contribution < -0.4 is 5.56 Å². The molecule has 1 unspecified atom stereocenters. The number of nitrogens with zero attached hydrogens (tertiary/aromatic N) is 2. The van der Waals surface area contributed by atoms with Crippen molar-refractivity contribution in [2.75, 3.05) is 0 Å². The predicted molar refractivity (Wildman–Crippen MR) is 102 cm³/mol. The fraction of sp³-hybridized carbons (Fsp3) is 0.222. The molecule has 0 aliphatic heterocycles. The van der Waals surface area contributed by atoms with Crippen LogP contribution in [0.4, 0.5) is 4.39 Å². The molecule has 1 fully saturated rings. The lowest BCUT2D eigenvalue weighted by Gasteiger charge is -2.24. The number of rotatable bonds is 5. The Labute approximate surface area is 163 Å². The summed E-state index contributed by atoms with van der Waals surface area (Å²) in [7, 11) is 0. The van der Waals surface area contributed by atoms with Crippen molar-refractivity contribution < 1.29 is 13.2 Å². The number of benzene rings is 1. The first-order valence-corrected chi connectivity index (χ1v) is 9.19. The molecule has 0 bridgehead atoms. The van der Waals surface area contributed by atoms with Gasteiger partial charge in [-0.25, -0.2) is 13.7 Å². The van der Waals surface area contributed by atoms with Gasteiger partial charge < -0.3 is 9.54 Å². The van der Waals surface area contributed by atoms with Crippen molar-refractivity contribution in [2.24, 2.45) is 0 Å². The number of hydrogen-bond acceptors (Lipinski definition) is 4. The molecular weight excluding hydrogens is 393 g/mol. The molecule has 1 aliphatic rings. The third-order valence-electron chi connectivity index (χ3n) is 4.44. The van der Waals surface area contributed by atoms with E-state index in [0.29, 0.717) is 27.7 Å². The summed E-state index contributed by atoms with van der Waals surface area (Å²) in [5, 5.41) is 0.638. The van der Waals surface area contributed by atoms with E-state index in [2.05, 4.69) is 9.97 Å². The third-order valence-corrected chi connectivity index (χ3v) is 5.25. The van der Waals surface area contributed by atoms with Crippen molar-refractivity contribution in [2.45, 2.75) is 25.4 Å². The van der Waals surface area contributed by atoms with Gasteiger partial charge in [0.05, 0.1) is 0 Å². The van der Waals surface area contributed by atoms with Crippen LogP contribution in [0, 0.1) is 5.82 Å². The topological polar surface area (TPSA) is 89.1 Å². The fourth-order valence-corrected chi connectivity index (χ4v) is 3.72. The average Bonchev–Trinajstić information content (AvgIpc) is 3.44. The van der Waals surface area contributed by atoms with Gasteiger partial charge in [-0.1, -0.05) is 12.1 Å². The molecule has 142 valence electrons. The van der Waals surface area contributed by atoms with E-state index >= 15 is 0 Å². The van der Waals surface area contributed by atoms with Gasteiger partial charge >= 0.3 is 0 Å². The molecule has 3 aromatic rings. The van der Waals surface area contributed by atoms with Crippen LogP contribution >= 0.6 is 12.4 Å². The second-order valence-corrected chi connectivity index (χ2v) is 7.18. The van der Waals surface area contributed by atoms with Crippen LogP contribution in [-0.4, -0.2) is 29.1 Å². The highest BCUT2D eigenvalue weighted by molar-refractivity contribution is 7.76. The summed E-state index contributed by atoms with van der Waals surface area (Å²) in [5.41, 5.74) is 1.69. The Kier molecular flexibility index (Phi) is 5.71.